The van der Waals surface area contributed by atoms with Crippen molar-refractivity contribution in [1.82, 2.24) is 19.9 Å². The number of nitrogens with one attached hydrogen (secondary N) is 1. The number of pyridine rings is 1. The Kier molecular flexibility index (Phi) is 2.70. The molecule has 5 nitrogen and oxygen atoms in total. The second-order valence-corrected chi connectivity index (χ2v) is 5.99. The summed E-state index contributed by atoms with van der Waals surface area (Å²) >= 11 is 1.59. The highest BCUT2D eigenvalue weighted by Crippen LogP contribution is 2.30. The molecule has 0 saturated carbocycles. The standard InChI is InChI=1S/C14H15N5S/c1-9-8-10(19-5-2-3-6-19)11-12(16-9)18-13(17-11)14-15-4-7-20-14/h4,7-8H,2-3,5-6H2,1H3,(H,16,17,18). The van der Waals surface area contributed by atoms with Gasteiger partial charge in [0.05, 0.1) is 5.69 Å². The van der Waals surface area contributed by atoms with Gasteiger partial charge in [0.15, 0.2) is 16.5 Å². The van der Waals surface area contributed by atoms with E-state index in [1.807, 2.05) is 12.3 Å². The van der Waals surface area contributed by atoms with Crippen LogP contribution in [0.3, 0.4) is 0 Å². The third kappa shape index (κ3) is 1.87. The molecule has 1 N–H and O–H groups in total. The van der Waals surface area contributed by atoms with Crippen molar-refractivity contribution in [2.75, 3.05) is 18.0 Å². The summed E-state index contributed by atoms with van der Waals surface area (Å²) in [4.78, 5) is 19.3. The molecule has 102 valence electrons. The third-order valence-electron chi connectivity index (χ3n) is 3.64. The molecule has 6 heteroatoms. The lowest BCUT2D eigenvalue weighted by atomic mass is 10.3. The number of anilines is 1. The molecule has 0 amide bonds. The number of fused-ring (bicyclic) bond motifs is 1. The number of rotatable bonds is 2. The van der Waals surface area contributed by atoms with Crippen LogP contribution < -0.4 is 4.90 Å². The molecular formula is C14H15N5S. The maximum atomic E-state index is 4.73. The van der Waals surface area contributed by atoms with E-state index in [1.54, 1.807) is 17.5 Å². The number of hydrogen-bond donors (Lipinski definition) is 1. The van der Waals surface area contributed by atoms with Gasteiger partial charge in [-0.2, -0.15) is 0 Å². The molecule has 1 saturated heterocycles. The van der Waals surface area contributed by atoms with Gasteiger partial charge >= 0.3 is 0 Å². The van der Waals surface area contributed by atoms with Crippen molar-refractivity contribution in [3.8, 4) is 10.8 Å². The summed E-state index contributed by atoms with van der Waals surface area (Å²) in [5.74, 6) is 0.813. The minimum atomic E-state index is 0.813. The molecule has 0 aromatic carbocycles. The molecule has 0 aliphatic carbocycles. The van der Waals surface area contributed by atoms with Crippen LogP contribution in [0.5, 0.6) is 0 Å². The first-order chi connectivity index (χ1) is 9.81. The van der Waals surface area contributed by atoms with Gasteiger partial charge in [-0.1, -0.05) is 0 Å². The molecule has 4 heterocycles. The Labute approximate surface area is 120 Å². The van der Waals surface area contributed by atoms with Gasteiger partial charge in [0, 0.05) is 30.4 Å². The van der Waals surface area contributed by atoms with Crippen LogP contribution in [-0.2, 0) is 0 Å². The molecule has 3 aromatic rings. The highest BCUT2D eigenvalue weighted by atomic mass is 32.1. The Balaban J connectivity index is 1.90. The number of aryl methyl sites for hydroxylation is 1. The van der Waals surface area contributed by atoms with Gasteiger partial charge in [0.2, 0.25) is 0 Å². The molecule has 0 bridgehead atoms. The summed E-state index contributed by atoms with van der Waals surface area (Å²) < 4.78 is 0. The van der Waals surface area contributed by atoms with Crippen LogP contribution in [0.4, 0.5) is 5.69 Å². The molecule has 3 aromatic heterocycles. The number of H-pyrrole nitrogens is 1. The summed E-state index contributed by atoms with van der Waals surface area (Å²) in [6.07, 6.45) is 4.31. The largest absolute Gasteiger partial charge is 0.370 e. The minimum Gasteiger partial charge on any atom is -0.370 e. The average molecular weight is 285 g/mol. The lowest BCUT2D eigenvalue weighted by Crippen LogP contribution is -2.18. The Morgan fingerprint density at radius 3 is 2.85 bits per heavy atom. The van der Waals surface area contributed by atoms with Crippen molar-refractivity contribution in [3.63, 3.8) is 0 Å². The number of nitrogens with zero attached hydrogens (tertiary/aromatic N) is 4. The summed E-state index contributed by atoms with van der Waals surface area (Å²) in [6, 6.07) is 2.14. The van der Waals surface area contributed by atoms with E-state index in [0.717, 1.165) is 40.8 Å². The van der Waals surface area contributed by atoms with Gasteiger partial charge in [-0.25, -0.2) is 15.0 Å². The first-order valence-electron chi connectivity index (χ1n) is 6.83. The van der Waals surface area contributed by atoms with Gasteiger partial charge in [-0.15, -0.1) is 11.3 Å². The van der Waals surface area contributed by atoms with Crippen molar-refractivity contribution in [3.05, 3.63) is 23.3 Å². The van der Waals surface area contributed by atoms with Crippen LogP contribution in [0, 0.1) is 6.92 Å². The molecule has 0 unspecified atom stereocenters. The summed E-state index contributed by atoms with van der Waals surface area (Å²) in [6.45, 7) is 4.25. The molecule has 0 atom stereocenters. The van der Waals surface area contributed by atoms with Crippen molar-refractivity contribution < 1.29 is 0 Å². The zero-order valence-electron chi connectivity index (χ0n) is 11.3. The quantitative estimate of drug-likeness (QED) is 0.786. The predicted octanol–water partition coefficient (Wildman–Crippen LogP) is 2.99. The number of aromatic nitrogens is 4. The van der Waals surface area contributed by atoms with Gasteiger partial charge < -0.3 is 9.88 Å². The molecule has 4 rings (SSSR count). The molecule has 1 aliphatic rings. The van der Waals surface area contributed by atoms with Crippen molar-refractivity contribution in [2.24, 2.45) is 0 Å². The average Bonchev–Trinajstić information content (AvgIpc) is 3.18. The van der Waals surface area contributed by atoms with Gasteiger partial charge in [0.1, 0.15) is 5.52 Å². The fraction of sp³-hybridized carbons (Fsp3) is 0.357. The topological polar surface area (TPSA) is 57.7 Å². The smallest absolute Gasteiger partial charge is 0.168 e. The van der Waals surface area contributed by atoms with Crippen LogP contribution >= 0.6 is 11.3 Å². The second kappa shape index (κ2) is 4.56. The van der Waals surface area contributed by atoms with Crippen molar-refractivity contribution >= 4 is 28.2 Å². The molecule has 1 fully saturated rings. The highest BCUT2D eigenvalue weighted by Gasteiger charge is 2.19. The monoisotopic (exact) mass is 285 g/mol. The zero-order valence-corrected chi connectivity index (χ0v) is 12.1. The van der Waals surface area contributed by atoms with Gasteiger partial charge in [-0.05, 0) is 25.8 Å². The molecule has 20 heavy (non-hydrogen) atoms. The summed E-state index contributed by atoms with van der Waals surface area (Å²) in [5.41, 5.74) is 4.04. The SMILES string of the molecule is Cc1cc(N2CCCC2)c2nc(-c3nccs3)[nH]c2n1. The molecule has 1 aliphatic heterocycles. The molecule has 0 radical (unpaired) electrons. The highest BCUT2D eigenvalue weighted by molar-refractivity contribution is 7.13. The third-order valence-corrected chi connectivity index (χ3v) is 4.42. The van der Waals surface area contributed by atoms with E-state index in [0.29, 0.717) is 0 Å². The zero-order chi connectivity index (χ0) is 13.5. The van der Waals surface area contributed by atoms with Crippen LogP contribution in [0.1, 0.15) is 18.5 Å². The summed E-state index contributed by atoms with van der Waals surface area (Å²) in [5, 5.41) is 2.87. The van der Waals surface area contributed by atoms with E-state index in [-0.39, 0.29) is 0 Å². The normalized spacial score (nSPS) is 15.3. The van der Waals surface area contributed by atoms with Crippen LogP contribution in [0.25, 0.3) is 22.0 Å². The number of aromatic amines is 1. The van der Waals surface area contributed by atoms with E-state index in [1.165, 1.54) is 18.5 Å². The Bertz CT molecular complexity index is 740. The van der Waals surface area contributed by atoms with E-state index in [4.69, 9.17) is 4.98 Å². The van der Waals surface area contributed by atoms with Crippen molar-refractivity contribution in [2.45, 2.75) is 19.8 Å². The van der Waals surface area contributed by atoms with E-state index in [2.05, 4.69) is 25.9 Å². The summed E-state index contributed by atoms with van der Waals surface area (Å²) in [7, 11) is 0. The maximum Gasteiger partial charge on any atom is 0.168 e. The predicted molar refractivity (Wildman–Crippen MR) is 81.2 cm³/mol. The van der Waals surface area contributed by atoms with Crippen LogP contribution in [0.2, 0.25) is 0 Å². The fourth-order valence-electron chi connectivity index (χ4n) is 2.74. The van der Waals surface area contributed by atoms with E-state index >= 15 is 0 Å². The first kappa shape index (κ1) is 11.8. The van der Waals surface area contributed by atoms with Gasteiger partial charge in [-0.3, -0.25) is 0 Å². The van der Waals surface area contributed by atoms with Crippen LogP contribution in [-0.4, -0.2) is 33.0 Å². The maximum absolute atomic E-state index is 4.73. The van der Waals surface area contributed by atoms with Gasteiger partial charge in [0.25, 0.3) is 0 Å². The number of thiazole rings is 1. The van der Waals surface area contributed by atoms with E-state index < -0.39 is 0 Å². The van der Waals surface area contributed by atoms with Crippen molar-refractivity contribution in [1.29, 1.82) is 0 Å². The molecule has 0 spiro atoms. The number of hydrogen-bond acceptors (Lipinski definition) is 5. The van der Waals surface area contributed by atoms with Crippen LogP contribution in [0.15, 0.2) is 17.6 Å². The molecular weight excluding hydrogens is 270 g/mol. The Morgan fingerprint density at radius 2 is 2.10 bits per heavy atom. The minimum absolute atomic E-state index is 0.813. The fourth-order valence-corrected chi connectivity index (χ4v) is 3.32. The Hall–Kier alpha value is -1.95. The Morgan fingerprint density at radius 1 is 1.25 bits per heavy atom. The lowest BCUT2D eigenvalue weighted by molar-refractivity contribution is 0.949. The first-order valence-corrected chi connectivity index (χ1v) is 7.71. The lowest BCUT2D eigenvalue weighted by Gasteiger charge is -2.18. The number of imidazole rings is 1. The second-order valence-electron chi connectivity index (χ2n) is 5.10. The van der Waals surface area contributed by atoms with E-state index in [9.17, 15) is 0 Å².